The van der Waals surface area contributed by atoms with Gasteiger partial charge in [-0.15, -0.1) is 0 Å². The van der Waals surface area contributed by atoms with E-state index >= 15 is 0 Å². The number of rotatable bonds is 4. The van der Waals surface area contributed by atoms with Crippen molar-refractivity contribution in [3.05, 3.63) is 34.3 Å². The molecule has 0 N–H and O–H groups in total. The predicted molar refractivity (Wildman–Crippen MR) is 104 cm³/mol. The molecule has 2 fully saturated rings. The van der Waals surface area contributed by atoms with Crippen molar-refractivity contribution in [2.24, 2.45) is 5.92 Å². The molecule has 2 aliphatic rings. The van der Waals surface area contributed by atoms with Crippen molar-refractivity contribution in [2.45, 2.75) is 83.2 Å². The van der Waals surface area contributed by atoms with Gasteiger partial charge in [0.15, 0.2) is 0 Å². The molecule has 24 heavy (non-hydrogen) atoms. The Morgan fingerprint density at radius 1 is 1.00 bits per heavy atom. The first kappa shape index (κ1) is 18.4. The zero-order chi connectivity index (χ0) is 17.4. The molecule has 0 spiro atoms. The van der Waals surface area contributed by atoms with Gasteiger partial charge in [0.2, 0.25) is 0 Å². The average Bonchev–Trinajstić information content (AvgIpc) is 2.94. The van der Waals surface area contributed by atoms with Gasteiger partial charge in [-0.2, -0.15) is 5.06 Å². The summed E-state index contributed by atoms with van der Waals surface area (Å²) in [7, 11) is 0. The summed E-state index contributed by atoms with van der Waals surface area (Å²) in [6, 6.07) is 8.90. The molecule has 2 atom stereocenters. The molecule has 1 aromatic rings. The number of hydrogen-bond acceptors (Lipinski definition) is 2. The Balaban J connectivity index is 1.67. The van der Waals surface area contributed by atoms with Crippen LogP contribution in [-0.2, 0) is 4.84 Å². The molecule has 0 bridgehead atoms. The van der Waals surface area contributed by atoms with E-state index in [0.717, 1.165) is 11.1 Å². The smallest absolute Gasteiger partial charge is 0.0719 e. The maximum absolute atomic E-state index is 6.50. The second-order valence-corrected chi connectivity index (χ2v) is 9.83. The highest BCUT2D eigenvalue weighted by Crippen LogP contribution is 2.42. The lowest BCUT2D eigenvalue weighted by Crippen LogP contribution is -2.58. The van der Waals surface area contributed by atoms with Gasteiger partial charge in [0, 0.05) is 15.6 Å². The standard InChI is InChI=1S/C21H32BrNO/c1-20(2)13-6-14-21(3,4)23(20)24-15-17-7-5-8-19(17)16-9-11-18(22)12-10-16/h9-12,17,19H,5-8,13-15H2,1-4H3. The number of halogens is 1. The van der Waals surface area contributed by atoms with E-state index in [-0.39, 0.29) is 11.1 Å². The largest absolute Gasteiger partial charge is 0.298 e. The van der Waals surface area contributed by atoms with Crippen molar-refractivity contribution in [1.82, 2.24) is 5.06 Å². The molecule has 1 saturated heterocycles. The summed E-state index contributed by atoms with van der Waals surface area (Å²) in [5.41, 5.74) is 1.74. The molecule has 2 unspecified atom stereocenters. The lowest BCUT2D eigenvalue weighted by Gasteiger charge is -2.51. The van der Waals surface area contributed by atoms with E-state index in [0.29, 0.717) is 11.8 Å². The van der Waals surface area contributed by atoms with Crippen LogP contribution in [0.1, 0.15) is 77.7 Å². The Hall–Kier alpha value is -0.380. The van der Waals surface area contributed by atoms with Crippen LogP contribution in [-0.4, -0.2) is 22.7 Å². The monoisotopic (exact) mass is 393 g/mol. The number of piperidine rings is 1. The quantitative estimate of drug-likeness (QED) is 0.594. The van der Waals surface area contributed by atoms with Gasteiger partial charge in [-0.25, -0.2) is 0 Å². The maximum Gasteiger partial charge on any atom is 0.0719 e. The van der Waals surface area contributed by atoms with E-state index in [4.69, 9.17) is 4.84 Å². The zero-order valence-electron chi connectivity index (χ0n) is 15.6. The number of hydroxylamine groups is 2. The third-order valence-electron chi connectivity index (χ3n) is 6.05. The van der Waals surface area contributed by atoms with E-state index in [2.05, 4.69) is 73.0 Å². The van der Waals surface area contributed by atoms with Crippen LogP contribution in [0.25, 0.3) is 0 Å². The molecule has 1 aliphatic carbocycles. The molecular formula is C21H32BrNO. The second kappa shape index (κ2) is 7.09. The maximum atomic E-state index is 6.50. The lowest BCUT2D eigenvalue weighted by atomic mass is 9.82. The average molecular weight is 394 g/mol. The summed E-state index contributed by atoms with van der Waals surface area (Å²) in [6.45, 7) is 10.2. The summed E-state index contributed by atoms with van der Waals surface area (Å²) < 4.78 is 1.16. The summed E-state index contributed by atoms with van der Waals surface area (Å²) in [5, 5.41) is 2.32. The third-order valence-corrected chi connectivity index (χ3v) is 6.58. The van der Waals surface area contributed by atoms with Gasteiger partial charge >= 0.3 is 0 Å². The van der Waals surface area contributed by atoms with E-state index in [1.165, 1.54) is 44.1 Å². The minimum atomic E-state index is 0.132. The summed E-state index contributed by atoms with van der Waals surface area (Å²) >= 11 is 3.55. The Morgan fingerprint density at radius 2 is 1.62 bits per heavy atom. The van der Waals surface area contributed by atoms with Gasteiger partial charge in [-0.1, -0.05) is 34.5 Å². The van der Waals surface area contributed by atoms with Crippen LogP contribution in [0.2, 0.25) is 0 Å². The van der Waals surface area contributed by atoms with E-state index in [9.17, 15) is 0 Å². The predicted octanol–water partition coefficient (Wildman–Crippen LogP) is 6.31. The third kappa shape index (κ3) is 3.89. The number of benzene rings is 1. The fourth-order valence-electron chi connectivity index (χ4n) is 4.88. The molecule has 1 aliphatic heterocycles. The van der Waals surface area contributed by atoms with Crippen molar-refractivity contribution in [1.29, 1.82) is 0 Å². The van der Waals surface area contributed by atoms with Crippen LogP contribution in [0.4, 0.5) is 0 Å². The minimum Gasteiger partial charge on any atom is -0.298 e. The summed E-state index contributed by atoms with van der Waals surface area (Å²) in [6.07, 6.45) is 7.64. The first-order chi connectivity index (χ1) is 11.3. The Labute approximate surface area is 156 Å². The topological polar surface area (TPSA) is 12.5 Å². The van der Waals surface area contributed by atoms with E-state index < -0.39 is 0 Å². The van der Waals surface area contributed by atoms with Gasteiger partial charge in [0.05, 0.1) is 6.61 Å². The molecule has 3 rings (SSSR count). The fourth-order valence-corrected chi connectivity index (χ4v) is 5.15. The minimum absolute atomic E-state index is 0.132. The number of hydrogen-bond donors (Lipinski definition) is 0. The Kier molecular flexibility index (Phi) is 5.44. The summed E-state index contributed by atoms with van der Waals surface area (Å²) in [4.78, 5) is 6.50. The first-order valence-corrected chi connectivity index (χ1v) is 10.3. The lowest BCUT2D eigenvalue weighted by molar-refractivity contribution is -0.286. The van der Waals surface area contributed by atoms with Crippen LogP contribution in [0.15, 0.2) is 28.7 Å². The highest BCUT2D eigenvalue weighted by atomic mass is 79.9. The molecule has 2 nitrogen and oxygen atoms in total. The molecule has 0 radical (unpaired) electrons. The molecular weight excluding hydrogens is 362 g/mol. The van der Waals surface area contributed by atoms with Crippen molar-refractivity contribution >= 4 is 15.9 Å². The summed E-state index contributed by atoms with van der Waals surface area (Å²) in [5.74, 6) is 1.29. The van der Waals surface area contributed by atoms with Crippen LogP contribution < -0.4 is 0 Å². The van der Waals surface area contributed by atoms with Crippen LogP contribution >= 0.6 is 15.9 Å². The first-order valence-electron chi connectivity index (χ1n) is 9.48. The van der Waals surface area contributed by atoms with Crippen molar-refractivity contribution < 1.29 is 4.84 Å². The highest BCUT2D eigenvalue weighted by Gasteiger charge is 2.43. The van der Waals surface area contributed by atoms with Gasteiger partial charge in [0.1, 0.15) is 0 Å². The molecule has 1 heterocycles. The van der Waals surface area contributed by atoms with Gasteiger partial charge < -0.3 is 0 Å². The van der Waals surface area contributed by atoms with E-state index in [1.54, 1.807) is 0 Å². The SMILES string of the molecule is CC1(C)CCCC(C)(C)N1OCC1CCCC1c1ccc(Br)cc1. The van der Waals surface area contributed by atoms with Crippen LogP contribution in [0, 0.1) is 5.92 Å². The molecule has 1 aromatic carbocycles. The van der Waals surface area contributed by atoms with Crippen molar-refractivity contribution in [3.8, 4) is 0 Å². The highest BCUT2D eigenvalue weighted by molar-refractivity contribution is 9.10. The van der Waals surface area contributed by atoms with Crippen molar-refractivity contribution in [3.63, 3.8) is 0 Å². The molecule has 3 heteroatoms. The van der Waals surface area contributed by atoms with Gasteiger partial charge in [0.25, 0.3) is 0 Å². The van der Waals surface area contributed by atoms with E-state index in [1.807, 2.05) is 0 Å². The zero-order valence-corrected chi connectivity index (χ0v) is 17.2. The Morgan fingerprint density at radius 3 is 2.25 bits per heavy atom. The molecule has 1 saturated carbocycles. The van der Waals surface area contributed by atoms with Gasteiger partial charge in [-0.3, -0.25) is 4.84 Å². The number of nitrogens with zero attached hydrogens (tertiary/aromatic N) is 1. The molecule has 0 amide bonds. The molecule has 134 valence electrons. The van der Waals surface area contributed by atoms with Crippen LogP contribution in [0.3, 0.4) is 0 Å². The molecule has 0 aromatic heterocycles. The Bertz CT molecular complexity index is 535. The van der Waals surface area contributed by atoms with Crippen LogP contribution in [0.5, 0.6) is 0 Å². The normalized spacial score (nSPS) is 29.7. The van der Waals surface area contributed by atoms with Gasteiger partial charge in [-0.05, 0) is 89.3 Å². The second-order valence-electron chi connectivity index (χ2n) is 8.92. The van der Waals surface area contributed by atoms with Crippen molar-refractivity contribution in [2.75, 3.05) is 6.61 Å². The fraction of sp³-hybridized carbons (Fsp3) is 0.714.